The molecule has 5 nitrogen and oxygen atoms in total. The Morgan fingerprint density at radius 2 is 2.24 bits per heavy atom. The van der Waals surface area contributed by atoms with Crippen LogP contribution in [0.2, 0.25) is 5.02 Å². The molecule has 0 spiro atoms. The SMILES string of the molecule is O=C(O)CCSCc1cc(Cl)ccc1[N+](=O)[O-]. The van der Waals surface area contributed by atoms with Gasteiger partial charge < -0.3 is 5.11 Å². The zero-order valence-corrected chi connectivity index (χ0v) is 10.3. The van der Waals surface area contributed by atoms with Crippen molar-refractivity contribution in [2.24, 2.45) is 0 Å². The summed E-state index contributed by atoms with van der Waals surface area (Å²) in [5, 5.41) is 19.6. The molecule has 0 aliphatic heterocycles. The van der Waals surface area contributed by atoms with E-state index in [4.69, 9.17) is 16.7 Å². The number of hydrogen-bond donors (Lipinski definition) is 1. The number of carboxylic acids is 1. The van der Waals surface area contributed by atoms with Gasteiger partial charge in [0.1, 0.15) is 0 Å². The van der Waals surface area contributed by atoms with Gasteiger partial charge in [0.15, 0.2) is 0 Å². The second kappa shape index (κ2) is 6.46. The van der Waals surface area contributed by atoms with Crippen molar-refractivity contribution in [3.8, 4) is 0 Å². The standard InChI is InChI=1S/C10H10ClNO4S/c11-8-1-2-9(12(15)16)7(5-8)6-17-4-3-10(13)14/h1-2,5H,3-4,6H2,(H,13,14). The van der Waals surface area contributed by atoms with Gasteiger partial charge >= 0.3 is 5.97 Å². The van der Waals surface area contributed by atoms with Crippen LogP contribution in [0, 0.1) is 10.1 Å². The summed E-state index contributed by atoms with van der Waals surface area (Å²) in [5.41, 5.74) is 0.523. The Labute approximate surface area is 107 Å². The van der Waals surface area contributed by atoms with Crippen molar-refractivity contribution in [1.82, 2.24) is 0 Å². The van der Waals surface area contributed by atoms with Crippen LogP contribution in [-0.2, 0) is 10.5 Å². The van der Waals surface area contributed by atoms with Gasteiger partial charge in [0, 0.05) is 28.2 Å². The van der Waals surface area contributed by atoms with Gasteiger partial charge in [-0.05, 0) is 12.1 Å². The predicted octanol–water partition coefficient (Wildman–Crippen LogP) is 2.96. The Morgan fingerprint density at radius 3 is 2.82 bits per heavy atom. The molecule has 0 amide bonds. The fraction of sp³-hybridized carbons (Fsp3) is 0.300. The lowest BCUT2D eigenvalue weighted by Crippen LogP contribution is -1.98. The molecule has 0 fully saturated rings. The Bertz CT molecular complexity index is 438. The van der Waals surface area contributed by atoms with Gasteiger partial charge in [-0.15, -0.1) is 0 Å². The monoisotopic (exact) mass is 275 g/mol. The fourth-order valence-electron chi connectivity index (χ4n) is 1.19. The van der Waals surface area contributed by atoms with Crippen molar-refractivity contribution in [1.29, 1.82) is 0 Å². The van der Waals surface area contributed by atoms with Crippen LogP contribution >= 0.6 is 23.4 Å². The Hall–Kier alpha value is -1.27. The van der Waals surface area contributed by atoms with Crippen molar-refractivity contribution >= 4 is 35.0 Å². The van der Waals surface area contributed by atoms with Crippen LogP contribution in [0.25, 0.3) is 0 Å². The van der Waals surface area contributed by atoms with Gasteiger partial charge in [-0.1, -0.05) is 11.6 Å². The molecule has 1 N–H and O–H groups in total. The molecule has 0 heterocycles. The summed E-state index contributed by atoms with van der Waals surface area (Å²) in [6, 6.07) is 4.36. The van der Waals surface area contributed by atoms with E-state index >= 15 is 0 Å². The van der Waals surface area contributed by atoms with E-state index in [-0.39, 0.29) is 12.1 Å². The maximum atomic E-state index is 10.7. The molecule has 0 unspecified atom stereocenters. The largest absolute Gasteiger partial charge is 0.481 e. The first-order valence-electron chi connectivity index (χ1n) is 4.73. The predicted molar refractivity (Wildman–Crippen MR) is 66.5 cm³/mol. The van der Waals surface area contributed by atoms with Crippen molar-refractivity contribution in [3.05, 3.63) is 38.9 Å². The Kier molecular flexibility index (Phi) is 5.24. The van der Waals surface area contributed by atoms with Gasteiger partial charge in [0.05, 0.1) is 11.3 Å². The highest BCUT2D eigenvalue weighted by Crippen LogP contribution is 2.26. The number of carboxylic acid groups (broad SMARTS) is 1. The molecule has 0 atom stereocenters. The van der Waals surface area contributed by atoms with Crippen molar-refractivity contribution in [3.63, 3.8) is 0 Å². The number of benzene rings is 1. The molecule has 1 rings (SSSR count). The second-order valence-corrected chi connectivity index (χ2v) is 4.77. The zero-order chi connectivity index (χ0) is 12.8. The lowest BCUT2D eigenvalue weighted by Gasteiger charge is -2.03. The Morgan fingerprint density at radius 1 is 1.53 bits per heavy atom. The second-order valence-electron chi connectivity index (χ2n) is 3.23. The molecule has 0 bridgehead atoms. The van der Waals surface area contributed by atoms with Crippen LogP contribution in [0.15, 0.2) is 18.2 Å². The highest BCUT2D eigenvalue weighted by Gasteiger charge is 2.13. The molecule has 0 aliphatic carbocycles. The number of thioether (sulfide) groups is 1. The number of carbonyl (C=O) groups is 1. The fourth-order valence-corrected chi connectivity index (χ4v) is 2.30. The van der Waals surface area contributed by atoms with Crippen LogP contribution in [0.1, 0.15) is 12.0 Å². The van der Waals surface area contributed by atoms with E-state index in [9.17, 15) is 14.9 Å². The number of hydrogen-bond acceptors (Lipinski definition) is 4. The van der Waals surface area contributed by atoms with Crippen LogP contribution in [-0.4, -0.2) is 21.8 Å². The minimum atomic E-state index is -0.877. The molecule has 17 heavy (non-hydrogen) atoms. The highest BCUT2D eigenvalue weighted by atomic mass is 35.5. The van der Waals surface area contributed by atoms with E-state index in [1.807, 2.05) is 0 Å². The molecule has 0 aromatic heterocycles. The van der Waals surface area contributed by atoms with E-state index in [0.29, 0.717) is 22.1 Å². The molecule has 1 aromatic rings. The lowest BCUT2D eigenvalue weighted by atomic mass is 10.2. The minimum absolute atomic E-state index is 0.0113. The van der Waals surface area contributed by atoms with E-state index in [1.54, 1.807) is 0 Å². The molecule has 0 saturated carbocycles. The molecule has 0 aliphatic rings. The van der Waals surface area contributed by atoms with Gasteiger partial charge in [-0.3, -0.25) is 14.9 Å². The van der Waals surface area contributed by atoms with Crippen molar-refractivity contribution < 1.29 is 14.8 Å². The topological polar surface area (TPSA) is 80.4 Å². The first-order valence-corrected chi connectivity index (χ1v) is 6.26. The molecule has 7 heteroatoms. The van der Waals surface area contributed by atoms with Gasteiger partial charge in [-0.2, -0.15) is 11.8 Å². The summed E-state index contributed by atoms with van der Waals surface area (Å²) < 4.78 is 0. The summed E-state index contributed by atoms with van der Waals surface area (Å²) in [5.74, 6) is -0.0820. The molecule has 92 valence electrons. The molecule has 0 radical (unpaired) electrons. The molecular formula is C10H10ClNO4S. The third-order valence-electron chi connectivity index (χ3n) is 1.96. The van der Waals surface area contributed by atoms with E-state index in [0.717, 1.165) is 0 Å². The van der Waals surface area contributed by atoms with Gasteiger partial charge in [-0.25, -0.2) is 0 Å². The number of nitrogens with zero attached hydrogens (tertiary/aromatic N) is 1. The summed E-state index contributed by atoms with van der Waals surface area (Å²) in [4.78, 5) is 20.6. The maximum absolute atomic E-state index is 10.7. The zero-order valence-electron chi connectivity index (χ0n) is 8.76. The number of aliphatic carboxylic acids is 1. The third-order valence-corrected chi connectivity index (χ3v) is 3.20. The molecular weight excluding hydrogens is 266 g/mol. The van der Waals surface area contributed by atoms with Crippen molar-refractivity contribution in [2.75, 3.05) is 5.75 Å². The van der Waals surface area contributed by atoms with Crippen LogP contribution in [0.3, 0.4) is 0 Å². The summed E-state index contributed by atoms with van der Waals surface area (Å²) in [6.07, 6.45) is 0.0407. The third kappa shape index (κ3) is 4.62. The Balaban J connectivity index is 2.65. The average Bonchev–Trinajstić information content (AvgIpc) is 2.23. The quantitative estimate of drug-likeness (QED) is 0.490. The summed E-state index contributed by atoms with van der Waals surface area (Å²) in [6.45, 7) is 0. The molecule has 0 saturated heterocycles. The van der Waals surface area contributed by atoms with E-state index in [2.05, 4.69) is 0 Å². The van der Waals surface area contributed by atoms with E-state index < -0.39 is 10.9 Å². The highest BCUT2D eigenvalue weighted by molar-refractivity contribution is 7.98. The normalized spacial score (nSPS) is 10.2. The summed E-state index contributed by atoms with van der Waals surface area (Å²) >= 11 is 7.09. The van der Waals surface area contributed by atoms with Crippen LogP contribution in [0.4, 0.5) is 5.69 Å². The van der Waals surface area contributed by atoms with Gasteiger partial charge in [0.25, 0.3) is 5.69 Å². The van der Waals surface area contributed by atoms with Gasteiger partial charge in [0.2, 0.25) is 0 Å². The number of nitro benzene ring substituents is 1. The first kappa shape index (κ1) is 13.8. The molecule has 1 aromatic carbocycles. The summed E-state index contributed by atoms with van der Waals surface area (Å²) in [7, 11) is 0. The maximum Gasteiger partial charge on any atom is 0.304 e. The minimum Gasteiger partial charge on any atom is -0.481 e. The van der Waals surface area contributed by atoms with Crippen molar-refractivity contribution in [2.45, 2.75) is 12.2 Å². The smallest absolute Gasteiger partial charge is 0.304 e. The van der Waals surface area contributed by atoms with Crippen LogP contribution in [0.5, 0.6) is 0 Å². The number of rotatable bonds is 6. The number of nitro groups is 1. The first-order chi connectivity index (χ1) is 8.00. The lowest BCUT2D eigenvalue weighted by molar-refractivity contribution is -0.385. The van der Waals surface area contributed by atoms with Crippen LogP contribution < -0.4 is 0 Å². The van der Waals surface area contributed by atoms with E-state index in [1.165, 1.54) is 30.0 Å². The average molecular weight is 276 g/mol. The number of halogens is 1.